The van der Waals surface area contributed by atoms with Gasteiger partial charge in [-0.1, -0.05) is 149 Å². The Morgan fingerprint density at radius 3 is 1.63 bits per heavy atom. The second kappa shape index (κ2) is 21.6. The van der Waals surface area contributed by atoms with Crippen LogP contribution in [-0.2, 0) is 17.6 Å². The van der Waals surface area contributed by atoms with Gasteiger partial charge in [0.2, 0.25) is 0 Å². The standard InChI is InChI=1S/C50H52N4O2S4/c1-3-5-7-9-11-15-21-36-31-42(32-38(34-51)50(55)56)57-44(36)46-52-48-49(59-46)53-47(60-48)45-37(22-16-12-10-8-6-4-2)33-43(58-45)35-27-29-41(30-28-35)54(39-23-17-13-18-24-39)40-25-19-14-20-26-40/h13-14,17-20,23-33H,3-12,15-16,21-22H2,1-2H3,(H,55,56)/b38-32+. The Morgan fingerprint density at radius 2 is 1.12 bits per heavy atom. The highest BCUT2D eigenvalue weighted by atomic mass is 32.1. The van der Waals surface area contributed by atoms with Gasteiger partial charge in [0, 0.05) is 26.8 Å². The lowest BCUT2D eigenvalue weighted by Crippen LogP contribution is -2.09. The number of unbranched alkanes of at least 4 members (excludes halogenated alkanes) is 10. The second-order valence-corrected chi connectivity index (χ2v) is 19.3. The van der Waals surface area contributed by atoms with Gasteiger partial charge in [0.15, 0.2) is 9.66 Å². The Balaban J connectivity index is 1.18. The van der Waals surface area contributed by atoms with Crippen LogP contribution in [0.2, 0.25) is 0 Å². The number of aromatic nitrogens is 2. The molecule has 0 saturated heterocycles. The average Bonchev–Trinajstić information content (AvgIpc) is 4.07. The summed E-state index contributed by atoms with van der Waals surface area (Å²) in [5, 5.41) is 20.9. The number of aliphatic carboxylic acids is 1. The van der Waals surface area contributed by atoms with Crippen molar-refractivity contribution in [2.24, 2.45) is 0 Å². The molecule has 308 valence electrons. The monoisotopic (exact) mass is 868 g/mol. The Kier molecular flexibility index (Phi) is 15.5. The minimum atomic E-state index is -1.21. The third-order valence-corrected chi connectivity index (χ3v) is 15.4. The van der Waals surface area contributed by atoms with Crippen molar-refractivity contribution in [1.29, 1.82) is 5.26 Å². The summed E-state index contributed by atoms with van der Waals surface area (Å²) in [4.78, 5) is 30.5. The quantitative estimate of drug-likeness (QED) is 0.0415. The van der Waals surface area contributed by atoms with E-state index in [1.54, 1.807) is 22.7 Å². The molecule has 0 atom stereocenters. The maximum absolute atomic E-state index is 11.7. The van der Waals surface area contributed by atoms with Crippen molar-refractivity contribution in [3.8, 4) is 36.3 Å². The fraction of sp³-hybridized carbons (Fsp3) is 0.320. The highest BCUT2D eigenvalue weighted by Gasteiger charge is 2.22. The predicted octanol–water partition coefficient (Wildman–Crippen LogP) is 16.1. The van der Waals surface area contributed by atoms with Gasteiger partial charge in [-0.25, -0.2) is 14.8 Å². The number of anilines is 3. The lowest BCUT2D eigenvalue weighted by molar-refractivity contribution is -0.132. The number of fused-ring (bicyclic) bond motifs is 1. The number of carboxylic acids is 1. The molecule has 0 bridgehead atoms. The van der Waals surface area contributed by atoms with Crippen LogP contribution in [0.3, 0.4) is 0 Å². The van der Waals surface area contributed by atoms with Crippen LogP contribution in [0.25, 0.3) is 45.9 Å². The molecule has 7 aromatic rings. The van der Waals surface area contributed by atoms with Crippen molar-refractivity contribution in [3.05, 3.63) is 119 Å². The van der Waals surface area contributed by atoms with Crippen LogP contribution in [0.5, 0.6) is 0 Å². The zero-order valence-electron chi connectivity index (χ0n) is 34.5. The fourth-order valence-electron chi connectivity index (χ4n) is 7.51. The lowest BCUT2D eigenvalue weighted by atomic mass is 10.0. The van der Waals surface area contributed by atoms with Gasteiger partial charge in [-0.05, 0) is 97.0 Å². The number of nitriles is 1. The highest BCUT2D eigenvalue weighted by Crippen LogP contribution is 2.46. The molecule has 0 radical (unpaired) electrons. The van der Waals surface area contributed by atoms with E-state index in [1.807, 2.05) is 17.4 Å². The topological polar surface area (TPSA) is 90.1 Å². The Labute approximate surface area is 370 Å². The lowest BCUT2D eigenvalue weighted by Gasteiger charge is -2.25. The molecule has 0 spiro atoms. The zero-order valence-corrected chi connectivity index (χ0v) is 37.8. The number of aryl methyl sites for hydroxylation is 2. The number of thiazole rings is 2. The minimum Gasteiger partial charge on any atom is -0.477 e. The molecule has 60 heavy (non-hydrogen) atoms. The van der Waals surface area contributed by atoms with E-state index in [4.69, 9.17) is 9.97 Å². The number of hydrogen-bond donors (Lipinski definition) is 1. The van der Waals surface area contributed by atoms with Crippen LogP contribution in [0.15, 0.2) is 103 Å². The largest absolute Gasteiger partial charge is 0.477 e. The van der Waals surface area contributed by atoms with Crippen molar-refractivity contribution in [2.75, 3.05) is 4.90 Å². The van der Waals surface area contributed by atoms with Crippen molar-refractivity contribution >= 4 is 84.1 Å². The van der Waals surface area contributed by atoms with Gasteiger partial charge in [0.25, 0.3) is 0 Å². The second-order valence-electron chi connectivity index (χ2n) is 15.2. The van der Waals surface area contributed by atoms with Crippen molar-refractivity contribution in [2.45, 2.75) is 104 Å². The number of hydrogen-bond acceptors (Lipinski definition) is 9. The van der Waals surface area contributed by atoms with Crippen molar-refractivity contribution in [3.63, 3.8) is 0 Å². The van der Waals surface area contributed by atoms with Gasteiger partial charge in [-0.2, -0.15) is 5.26 Å². The Morgan fingerprint density at radius 1 is 0.633 bits per heavy atom. The molecule has 7 rings (SSSR count). The van der Waals surface area contributed by atoms with Gasteiger partial charge in [0.1, 0.15) is 21.7 Å². The number of thiophene rings is 2. The van der Waals surface area contributed by atoms with Crippen LogP contribution in [0.1, 0.15) is 107 Å². The van der Waals surface area contributed by atoms with Gasteiger partial charge in [-0.3, -0.25) is 0 Å². The van der Waals surface area contributed by atoms with E-state index in [2.05, 4.69) is 116 Å². The molecule has 10 heteroatoms. The first kappa shape index (κ1) is 43.2. The average molecular weight is 869 g/mol. The smallest absolute Gasteiger partial charge is 0.346 e. The van der Waals surface area contributed by atoms with E-state index in [1.165, 1.54) is 96.1 Å². The molecule has 4 aromatic heterocycles. The zero-order chi connectivity index (χ0) is 41.7. The summed E-state index contributed by atoms with van der Waals surface area (Å²) < 4.78 is 0. The summed E-state index contributed by atoms with van der Waals surface area (Å²) in [5.41, 5.74) is 6.80. The number of rotatable bonds is 22. The van der Waals surface area contributed by atoms with E-state index in [0.29, 0.717) is 0 Å². The number of nitrogens with zero attached hydrogens (tertiary/aromatic N) is 4. The van der Waals surface area contributed by atoms with Crippen molar-refractivity contribution < 1.29 is 9.90 Å². The molecule has 0 amide bonds. The van der Waals surface area contributed by atoms with E-state index < -0.39 is 5.97 Å². The number of benzene rings is 3. The van der Waals surface area contributed by atoms with Crippen LogP contribution < -0.4 is 4.90 Å². The van der Waals surface area contributed by atoms with Crippen LogP contribution in [0.4, 0.5) is 17.1 Å². The molecule has 0 aliphatic rings. The summed E-state index contributed by atoms with van der Waals surface area (Å²) in [6.07, 6.45) is 18.1. The molecule has 0 aliphatic carbocycles. The van der Waals surface area contributed by atoms with Crippen LogP contribution in [0, 0.1) is 11.3 Å². The summed E-state index contributed by atoms with van der Waals surface area (Å²) in [6, 6.07) is 36.2. The molecule has 0 fully saturated rings. The minimum absolute atomic E-state index is 0.260. The third kappa shape index (κ3) is 10.9. The maximum Gasteiger partial charge on any atom is 0.346 e. The maximum atomic E-state index is 11.7. The van der Waals surface area contributed by atoms with E-state index in [-0.39, 0.29) is 5.57 Å². The number of carbonyl (C=O) groups is 1. The summed E-state index contributed by atoms with van der Waals surface area (Å²) in [6.45, 7) is 4.50. The SMILES string of the molecule is CCCCCCCCc1cc(/C=C(\C#N)C(=O)O)sc1-c1nc2sc(-c3sc(-c4ccc(N(c5ccccc5)c5ccccc5)cc4)cc3CCCCCCCC)nc2s1. The van der Waals surface area contributed by atoms with E-state index in [0.717, 1.165) is 84.2 Å². The normalized spacial score (nSPS) is 11.7. The van der Waals surface area contributed by atoms with Crippen LogP contribution in [-0.4, -0.2) is 21.0 Å². The first-order valence-corrected chi connectivity index (χ1v) is 24.6. The Bertz CT molecular complexity index is 2450. The summed E-state index contributed by atoms with van der Waals surface area (Å²) >= 11 is 6.62. The Hall–Kier alpha value is -4.92. The number of carboxylic acid groups (broad SMARTS) is 1. The molecule has 4 heterocycles. The summed E-state index contributed by atoms with van der Waals surface area (Å²) in [7, 11) is 0. The molecule has 0 saturated carbocycles. The number of para-hydroxylation sites is 2. The molecular formula is C50H52N4O2S4. The summed E-state index contributed by atoms with van der Waals surface area (Å²) in [5.74, 6) is -1.21. The van der Waals surface area contributed by atoms with Gasteiger partial charge >= 0.3 is 5.97 Å². The predicted molar refractivity (Wildman–Crippen MR) is 257 cm³/mol. The molecule has 6 nitrogen and oxygen atoms in total. The fourth-order valence-corrected chi connectivity index (χ4v) is 12.1. The van der Waals surface area contributed by atoms with E-state index in [9.17, 15) is 15.2 Å². The molecule has 1 N–H and O–H groups in total. The molecule has 3 aromatic carbocycles. The van der Waals surface area contributed by atoms with Gasteiger partial charge in [0.05, 0.1) is 9.75 Å². The first-order chi connectivity index (χ1) is 29.4. The molecule has 0 unspecified atom stereocenters. The van der Waals surface area contributed by atoms with Gasteiger partial charge in [-0.15, -0.1) is 22.7 Å². The van der Waals surface area contributed by atoms with E-state index >= 15 is 0 Å². The first-order valence-electron chi connectivity index (χ1n) is 21.3. The molecular weight excluding hydrogens is 817 g/mol. The third-order valence-electron chi connectivity index (χ3n) is 10.7. The van der Waals surface area contributed by atoms with Crippen LogP contribution >= 0.6 is 45.3 Å². The highest BCUT2D eigenvalue weighted by molar-refractivity contribution is 7.32. The van der Waals surface area contributed by atoms with Crippen molar-refractivity contribution in [1.82, 2.24) is 9.97 Å². The molecule has 0 aliphatic heterocycles. The van der Waals surface area contributed by atoms with Gasteiger partial charge < -0.3 is 10.0 Å².